The Hall–Kier alpha value is -1.48. The molecular weight excluding hydrogens is 386 g/mol. The second-order valence-electron chi connectivity index (χ2n) is 5.33. The Kier molecular flexibility index (Phi) is 8.51. The molecule has 0 aliphatic rings. The summed E-state index contributed by atoms with van der Waals surface area (Å²) in [6.07, 6.45) is 5.33. The summed E-state index contributed by atoms with van der Waals surface area (Å²) in [5, 5.41) is 0. The van der Waals surface area contributed by atoms with Gasteiger partial charge in [-0.1, -0.05) is 23.8 Å². The molecule has 2 rings (SSSR count). The summed E-state index contributed by atoms with van der Waals surface area (Å²) < 4.78 is 54.4. The van der Waals surface area contributed by atoms with Crippen molar-refractivity contribution < 1.29 is 26.0 Å². The van der Waals surface area contributed by atoms with E-state index in [2.05, 4.69) is 0 Å². The minimum Gasteiger partial charge on any atom is -0.744 e. The molecule has 0 fully saturated rings. The van der Waals surface area contributed by atoms with Crippen LogP contribution in [-0.4, -0.2) is 27.1 Å². The van der Waals surface area contributed by atoms with E-state index in [0.717, 1.165) is 18.5 Å². The first-order valence-electron chi connectivity index (χ1n) is 7.47. The third-order valence-electron chi connectivity index (χ3n) is 3.14. The van der Waals surface area contributed by atoms with Gasteiger partial charge in [-0.3, -0.25) is 0 Å². The maximum Gasteiger partial charge on any atom is 0.232 e. The van der Waals surface area contributed by atoms with Crippen LogP contribution in [0.2, 0.25) is 0 Å². The number of aromatic nitrogens is 1. The molecule has 25 heavy (non-hydrogen) atoms. The van der Waals surface area contributed by atoms with Gasteiger partial charge in [-0.15, -0.1) is 0 Å². The lowest BCUT2D eigenvalue weighted by Gasteiger charge is -2.05. The molecule has 0 unspecified atom stereocenters. The van der Waals surface area contributed by atoms with Crippen molar-refractivity contribution in [3.8, 4) is 0 Å². The van der Waals surface area contributed by atoms with Gasteiger partial charge in [-0.05, 0) is 25.5 Å². The predicted octanol–water partition coefficient (Wildman–Crippen LogP) is 2.22. The molecule has 0 saturated carbocycles. The smallest absolute Gasteiger partial charge is 0.232 e. The number of halogens is 1. The summed E-state index contributed by atoms with van der Waals surface area (Å²) in [4.78, 5) is -0.178. The summed E-state index contributed by atoms with van der Waals surface area (Å²) in [5.41, 5.74) is 0.928. The summed E-state index contributed by atoms with van der Waals surface area (Å²) in [5.74, 6) is 0.0575. The lowest BCUT2D eigenvalue weighted by atomic mass is 10.2. The number of pyridine rings is 1. The van der Waals surface area contributed by atoms with E-state index >= 15 is 0 Å². The van der Waals surface area contributed by atoms with Crippen LogP contribution in [0, 0.1) is 6.92 Å². The Morgan fingerprint density at radius 3 is 2.00 bits per heavy atom. The van der Waals surface area contributed by atoms with Crippen molar-refractivity contribution >= 4 is 29.9 Å². The minimum absolute atomic E-state index is 0.0575. The van der Waals surface area contributed by atoms with Gasteiger partial charge in [-0.25, -0.2) is 21.4 Å². The zero-order chi connectivity index (χ0) is 18.9. The molecule has 0 saturated heterocycles. The Labute approximate surface area is 153 Å². The molecule has 0 radical (unpaired) electrons. The van der Waals surface area contributed by atoms with Crippen LogP contribution in [-0.2, 0) is 25.7 Å². The number of benzene rings is 1. The number of hydrogen-bond donors (Lipinski definition) is 0. The fourth-order valence-electron chi connectivity index (χ4n) is 1.86. The molecular formula is C16H20ClNO5S2. The monoisotopic (exact) mass is 405 g/mol. The average Bonchev–Trinajstić information content (AvgIpc) is 2.52. The second kappa shape index (κ2) is 9.86. The van der Waals surface area contributed by atoms with Gasteiger partial charge >= 0.3 is 0 Å². The highest BCUT2D eigenvalue weighted by atomic mass is 35.7. The van der Waals surface area contributed by atoms with Gasteiger partial charge in [0, 0.05) is 29.2 Å². The van der Waals surface area contributed by atoms with Gasteiger partial charge in [-0.2, -0.15) is 0 Å². The molecule has 0 aliphatic carbocycles. The van der Waals surface area contributed by atoms with Gasteiger partial charge < -0.3 is 4.55 Å². The molecule has 0 bridgehead atoms. The van der Waals surface area contributed by atoms with Crippen molar-refractivity contribution in [1.29, 1.82) is 0 Å². The molecule has 0 aliphatic heterocycles. The van der Waals surface area contributed by atoms with Crippen molar-refractivity contribution in [2.45, 2.75) is 31.2 Å². The Morgan fingerprint density at radius 2 is 1.52 bits per heavy atom. The third kappa shape index (κ3) is 10.2. The van der Waals surface area contributed by atoms with Crippen molar-refractivity contribution in [2.24, 2.45) is 0 Å². The summed E-state index contributed by atoms with van der Waals surface area (Å²) in [6.45, 7) is 2.65. The fraction of sp³-hybridized carbons (Fsp3) is 0.312. The maximum atomic E-state index is 10.6. The van der Waals surface area contributed by atoms with Gasteiger partial charge in [0.25, 0.3) is 0 Å². The lowest BCUT2D eigenvalue weighted by Crippen LogP contribution is -2.32. The van der Waals surface area contributed by atoms with E-state index in [9.17, 15) is 21.4 Å². The predicted molar refractivity (Wildman–Crippen MR) is 94.7 cm³/mol. The van der Waals surface area contributed by atoms with Gasteiger partial charge in [0.15, 0.2) is 12.4 Å². The Morgan fingerprint density at radius 1 is 0.960 bits per heavy atom. The van der Waals surface area contributed by atoms with Crippen molar-refractivity contribution in [1.82, 2.24) is 0 Å². The molecule has 1 heterocycles. The zero-order valence-corrected chi connectivity index (χ0v) is 16.1. The highest BCUT2D eigenvalue weighted by molar-refractivity contribution is 8.13. The van der Waals surface area contributed by atoms with Crippen LogP contribution in [0.1, 0.15) is 18.4 Å². The van der Waals surface area contributed by atoms with E-state index in [0.29, 0.717) is 6.42 Å². The molecule has 0 N–H and O–H groups in total. The highest BCUT2D eigenvalue weighted by Crippen LogP contribution is 2.08. The molecule has 1 aromatic carbocycles. The lowest BCUT2D eigenvalue weighted by molar-refractivity contribution is -0.697. The van der Waals surface area contributed by atoms with Crippen LogP contribution in [0.25, 0.3) is 0 Å². The molecule has 2 aromatic rings. The number of rotatable bonds is 6. The molecule has 0 spiro atoms. The SMILES string of the molecule is Cc1ccc(S(=O)(=O)[O-])cc1.O=S(=O)(Cl)CCCC[n+]1ccccc1. The van der Waals surface area contributed by atoms with E-state index in [-0.39, 0.29) is 10.6 Å². The quantitative estimate of drug-likeness (QED) is 0.318. The first kappa shape index (κ1) is 21.6. The molecule has 0 atom stereocenters. The first-order valence-corrected chi connectivity index (χ1v) is 11.4. The first-order chi connectivity index (χ1) is 11.6. The molecule has 1 aromatic heterocycles. The summed E-state index contributed by atoms with van der Waals surface area (Å²) in [6, 6.07) is 11.6. The van der Waals surface area contributed by atoms with Crippen LogP contribution in [0.5, 0.6) is 0 Å². The van der Waals surface area contributed by atoms with Crippen LogP contribution >= 0.6 is 10.7 Å². The van der Waals surface area contributed by atoms with Crippen molar-refractivity contribution in [3.05, 3.63) is 60.4 Å². The number of unbranched alkanes of at least 4 members (excludes halogenated alkanes) is 1. The van der Waals surface area contributed by atoms with Crippen LogP contribution in [0.3, 0.4) is 0 Å². The van der Waals surface area contributed by atoms with Gasteiger partial charge in [0.05, 0.1) is 10.6 Å². The van der Waals surface area contributed by atoms with E-state index in [1.165, 1.54) is 12.1 Å². The van der Waals surface area contributed by atoms with E-state index in [1.807, 2.05) is 42.1 Å². The minimum atomic E-state index is -4.27. The van der Waals surface area contributed by atoms with E-state index in [1.54, 1.807) is 12.1 Å². The third-order valence-corrected chi connectivity index (χ3v) is 5.23. The second-order valence-corrected chi connectivity index (χ2v) is 9.61. The number of aryl methyl sites for hydroxylation is 2. The van der Waals surface area contributed by atoms with Crippen LogP contribution < -0.4 is 4.57 Å². The zero-order valence-electron chi connectivity index (χ0n) is 13.7. The Balaban J connectivity index is 0.000000257. The largest absolute Gasteiger partial charge is 0.744 e. The molecule has 0 amide bonds. The summed E-state index contributed by atoms with van der Waals surface area (Å²) >= 11 is 0. The molecule has 9 heteroatoms. The fourth-order valence-corrected chi connectivity index (χ4v) is 3.20. The number of hydrogen-bond acceptors (Lipinski definition) is 5. The van der Waals surface area contributed by atoms with Gasteiger partial charge in [0.1, 0.15) is 16.7 Å². The highest BCUT2D eigenvalue weighted by Gasteiger charge is 2.05. The molecule has 138 valence electrons. The van der Waals surface area contributed by atoms with Crippen molar-refractivity contribution in [2.75, 3.05) is 5.75 Å². The van der Waals surface area contributed by atoms with Crippen molar-refractivity contribution in [3.63, 3.8) is 0 Å². The van der Waals surface area contributed by atoms with Gasteiger partial charge in [0.2, 0.25) is 9.05 Å². The van der Waals surface area contributed by atoms with E-state index in [4.69, 9.17) is 10.7 Å². The maximum absolute atomic E-state index is 10.6. The van der Waals surface area contributed by atoms with Crippen LogP contribution in [0.4, 0.5) is 0 Å². The Bertz CT molecular complexity index is 851. The van der Waals surface area contributed by atoms with E-state index < -0.39 is 19.2 Å². The number of nitrogens with zero attached hydrogens (tertiary/aromatic N) is 1. The van der Waals surface area contributed by atoms with Crippen LogP contribution in [0.15, 0.2) is 59.8 Å². The topological polar surface area (TPSA) is 95.2 Å². The average molecular weight is 406 g/mol. The summed E-state index contributed by atoms with van der Waals surface area (Å²) in [7, 11) is -2.50. The normalized spacial score (nSPS) is 11.5. The molecule has 6 nitrogen and oxygen atoms in total. The standard InChI is InChI=1S/C9H13ClNO2S.C7H8O3S/c10-14(12,13)9-5-4-8-11-6-2-1-3-7-11;1-6-2-4-7(5-3-6)11(8,9)10/h1-3,6-7H,4-5,8-9H2;2-5H,1H3,(H,8,9,10)/q+1;/p-1.